The van der Waals surface area contributed by atoms with Crippen molar-refractivity contribution in [2.75, 3.05) is 26.2 Å². The van der Waals surface area contributed by atoms with E-state index in [0.29, 0.717) is 18.2 Å². The van der Waals surface area contributed by atoms with Crippen molar-refractivity contribution in [3.8, 4) is 5.75 Å². The molecule has 4 nitrogen and oxygen atoms in total. The molecular formula is C21H34N2O2. The van der Waals surface area contributed by atoms with E-state index < -0.39 is 0 Å². The van der Waals surface area contributed by atoms with Gasteiger partial charge in [0, 0.05) is 50.4 Å². The van der Waals surface area contributed by atoms with E-state index in [9.17, 15) is 5.11 Å². The minimum absolute atomic E-state index is 0.267. The van der Waals surface area contributed by atoms with Gasteiger partial charge in [0.05, 0.1) is 6.10 Å². The molecule has 2 fully saturated rings. The van der Waals surface area contributed by atoms with Crippen LogP contribution in [0.5, 0.6) is 5.75 Å². The lowest BCUT2D eigenvalue weighted by Crippen LogP contribution is -2.55. The largest absolute Gasteiger partial charge is 0.490 e. The summed E-state index contributed by atoms with van der Waals surface area (Å²) in [7, 11) is 0. The maximum Gasteiger partial charge on any atom is 0.124 e. The summed E-state index contributed by atoms with van der Waals surface area (Å²) in [5, 5.41) is 9.43. The van der Waals surface area contributed by atoms with Crippen LogP contribution >= 0.6 is 0 Å². The number of ether oxygens (including phenoxy) is 1. The SMILES string of the molecule is CC(C)N1CCN(Cc2ccccc2OC2CCCC2)CC1CCO. The van der Waals surface area contributed by atoms with Gasteiger partial charge in [0.15, 0.2) is 0 Å². The molecule has 3 rings (SSSR count). The molecule has 0 radical (unpaired) electrons. The van der Waals surface area contributed by atoms with Crippen molar-refractivity contribution in [2.24, 2.45) is 0 Å². The lowest BCUT2D eigenvalue weighted by molar-refractivity contribution is 0.0343. The highest BCUT2D eigenvalue weighted by molar-refractivity contribution is 5.33. The molecule has 2 aliphatic rings. The molecular weight excluding hydrogens is 312 g/mol. The zero-order valence-corrected chi connectivity index (χ0v) is 15.9. The van der Waals surface area contributed by atoms with Crippen molar-refractivity contribution < 1.29 is 9.84 Å². The summed E-state index contributed by atoms with van der Waals surface area (Å²) in [4.78, 5) is 5.06. The molecule has 1 aromatic rings. The van der Waals surface area contributed by atoms with Gasteiger partial charge in [0.1, 0.15) is 5.75 Å². The fraction of sp³-hybridized carbons (Fsp3) is 0.714. The Morgan fingerprint density at radius 3 is 2.64 bits per heavy atom. The van der Waals surface area contributed by atoms with Crippen LogP contribution in [0.15, 0.2) is 24.3 Å². The number of hydrogen-bond donors (Lipinski definition) is 1. The topological polar surface area (TPSA) is 35.9 Å². The van der Waals surface area contributed by atoms with Crippen molar-refractivity contribution in [3.05, 3.63) is 29.8 Å². The number of nitrogens with zero attached hydrogens (tertiary/aromatic N) is 2. The van der Waals surface area contributed by atoms with Crippen LogP contribution in [0, 0.1) is 0 Å². The second-order valence-corrected chi connectivity index (χ2v) is 7.86. The maximum atomic E-state index is 9.43. The third-order valence-electron chi connectivity index (χ3n) is 5.70. The first-order chi connectivity index (χ1) is 12.2. The second-order valence-electron chi connectivity index (χ2n) is 7.86. The number of aliphatic hydroxyl groups excluding tert-OH is 1. The number of piperazine rings is 1. The normalized spacial score (nSPS) is 23.4. The van der Waals surface area contributed by atoms with Crippen molar-refractivity contribution in [1.29, 1.82) is 0 Å². The van der Waals surface area contributed by atoms with Crippen LogP contribution in [-0.4, -0.2) is 59.3 Å². The fourth-order valence-electron chi connectivity index (χ4n) is 4.34. The van der Waals surface area contributed by atoms with Gasteiger partial charge in [0.25, 0.3) is 0 Å². The van der Waals surface area contributed by atoms with Crippen molar-refractivity contribution in [3.63, 3.8) is 0 Å². The maximum absolute atomic E-state index is 9.43. The zero-order chi connectivity index (χ0) is 17.6. The molecule has 0 spiro atoms. The number of para-hydroxylation sites is 1. The Morgan fingerprint density at radius 1 is 1.16 bits per heavy atom. The van der Waals surface area contributed by atoms with E-state index in [1.165, 1.54) is 31.2 Å². The zero-order valence-electron chi connectivity index (χ0n) is 15.9. The van der Waals surface area contributed by atoms with Gasteiger partial charge in [-0.15, -0.1) is 0 Å². The van der Waals surface area contributed by atoms with Crippen LogP contribution in [0.2, 0.25) is 0 Å². The Balaban J connectivity index is 1.63. The number of hydrogen-bond acceptors (Lipinski definition) is 4. The average molecular weight is 347 g/mol. The lowest BCUT2D eigenvalue weighted by atomic mass is 10.1. The molecule has 1 heterocycles. The highest BCUT2D eigenvalue weighted by Crippen LogP contribution is 2.28. The monoisotopic (exact) mass is 346 g/mol. The average Bonchev–Trinajstić information content (AvgIpc) is 3.10. The Morgan fingerprint density at radius 2 is 1.92 bits per heavy atom. The first-order valence-corrected chi connectivity index (χ1v) is 10.0. The van der Waals surface area contributed by atoms with E-state index in [0.717, 1.165) is 38.3 Å². The Kier molecular flexibility index (Phi) is 6.74. The van der Waals surface area contributed by atoms with Crippen molar-refractivity contribution in [1.82, 2.24) is 9.80 Å². The van der Waals surface area contributed by atoms with Crippen molar-refractivity contribution in [2.45, 2.75) is 70.7 Å². The quantitative estimate of drug-likeness (QED) is 0.822. The summed E-state index contributed by atoms with van der Waals surface area (Å²) in [5.74, 6) is 1.07. The smallest absolute Gasteiger partial charge is 0.124 e. The summed E-state index contributed by atoms with van der Waals surface area (Å²) in [6.45, 7) is 8.90. The molecule has 4 heteroatoms. The Bertz CT molecular complexity index is 528. The van der Waals surface area contributed by atoms with Crippen LogP contribution in [-0.2, 0) is 6.54 Å². The molecule has 1 aliphatic carbocycles. The molecule has 1 saturated heterocycles. The molecule has 1 atom stereocenters. The first-order valence-electron chi connectivity index (χ1n) is 10.0. The molecule has 25 heavy (non-hydrogen) atoms. The summed E-state index contributed by atoms with van der Waals surface area (Å²) in [5.41, 5.74) is 1.30. The van der Waals surface area contributed by atoms with E-state index in [1.807, 2.05) is 0 Å². The Labute approximate surface area is 152 Å². The third kappa shape index (κ3) is 4.96. The first kappa shape index (κ1) is 18.7. The van der Waals surface area contributed by atoms with Crippen LogP contribution in [0.3, 0.4) is 0 Å². The van der Waals surface area contributed by atoms with Gasteiger partial charge >= 0.3 is 0 Å². The van der Waals surface area contributed by atoms with E-state index >= 15 is 0 Å². The minimum atomic E-state index is 0.267. The van der Waals surface area contributed by atoms with Gasteiger partial charge in [-0.1, -0.05) is 18.2 Å². The molecule has 0 aromatic heterocycles. The number of aliphatic hydroxyl groups is 1. The summed E-state index contributed by atoms with van der Waals surface area (Å²) >= 11 is 0. The van der Waals surface area contributed by atoms with Crippen LogP contribution in [0.25, 0.3) is 0 Å². The van der Waals surface area contributed by atoms with Crippen molar-refractivity contribution >= 4 is 0 Å². The van der Waals surface area contributed by atoms with E-state index in [1.54, 1.807) is 0 Å². The predicted octanol–water partition coefficient (Wildman–Crippen LogP) is 3.29. The molecule has 1 unspecified atom stereocenters. The van der Waals surface area contributed by atoms with Crippen LogP contribution in [0.1, 0.15) is 51.5 Å². The van der Waals surface area contributed by atoms with Gasteiger partial charge in [-0.05, 0) is 52.0 Å². The predicted molar refractivity (Wildman–Crippen MR) is 102 cm³/mol. The van der Waals surface area contributed by atoms with E-state index in [4.69, 9.17) is 4.74 Å². The van der Waals surface area contributed by atoms with E-state index in [-0.39, 0.29) is 6.61 Å². The molecule has 0 bridgehead atoms. The van der Waals surface area contributed by atoms with Crippen LogP contribution in [0.4, 0.5) is 0 Å². The van der Waals surface area contributed by atoms with Gasteiger partial charge in [-0.3, -0.25) is 9.80 Å². The minimum Gasteiger partial charge on any atom is -0.490 e. The number of benzene rings is 1. The van der Waals surface area contributed by atoms with Gasteiger partial charge in [0.2, 0.25) is 0 Å². The van der Waals surface area contributed by atoms with Gasteiger partial charge in [-0.25, -0.2) is 0 Å². The van der Waals surface area contributed by atoms with E-state index in [2.05, 4.69) is 47.9 Å². The fourth-order valence-corrected chi connectivity index (χ4v) is 4.34. The van der Waals surface area contributed by atoms with Gasteiger partial charge < -0.3 is 9.84 Å². The highest BCUT2D eigenvalue weighted by atomic mass is 16.5. The molecule has 140 valence electrons. The molecule has 1 aliphatic heterocycles. The molecule has 1 N–H and O–H groups in total. The molecule has 1 aromatic carbocycles. The molecule has 1 saturated carbocycles. The van der Waals surface area contributed by atoms with Gasteiger partial charge in [-0.2, -0.15) is 0 Å². The summed E-state index contributed by atoms with van der Waals surface area (Å²) in [6.07, 6.45) is 6.25. The lowest BCUT2D eigenvalue weighted by Gasteiger charge is -2.43. The molecule has 0 amide bonds. The Hall–Kier alpha value is -1.10. The summed E-state index contributed by atoms with van der Waals surface area (Å²) < 4.78 is 6.30. The van der Waals surface area contributed by atoms with Crippen LogP contribution < -0.4 is 4.74 Å². The third-order valence-corrected chi connectivity index (χ3v) is 5.70. The number of rotatable bonds is 7. The standard InChI is InChI=1S/C21H34N2O2/c1-17(2)23-13-12-22(16-19(23)11-14-24)15-18-7-3-6-10-21(18)25-20-8-4-5-9-20/h3,6-7,10,17,19-20,24H,4-5,8-9,11-16H2,1-2H3. The summed E-state index contributed by atoms with van der Waals surface area (Å²) in [6, 6.07) is 9.52. The second kappa shape index (κ2) is 9.02. The highest BCUT2D eigenvalue weighted by Gasteiger charge is 2.28.